The van der Waals surface area contributed by atoms with Gasteiger partial charge in [0.2, 0.25) is 0 Å². The monoisotopic (exact) mass is 233 g/mol. The molecule has 0 fully saturated rings. The van der Waals surface area contributed by atoms with Crippen LogP contribution in [0.15, 0.2) is 53.4 Å². The standard InChI is InChI=1S/C13H12FNS/c14-11-2-1-3-13(8-11)16-9-10-4-6-12(15)7-5-10/h1-8H,9,15H2. The Morgan fingerprint density at radius 2 is 1.81 bits per heavy atom. The van der Waals surface area contributed by atoms with Crippen LogP contribution in [0.2, 0.25) is 0 Å². The maximum Gasteiger partial charge on any atom is 0.124 e. The average molecular weight is 233 g/mol. The van der Waals surface area contributed by atoms with Gasteiger partial charge >= 0.3 is 0 Å². The van der Waals surface area contributed by atoms with Gasteiger partial charge in [0.15, 0.2) is 0 Å². The summed E-state index contributed by atoms with van der Waals surface area (Å²) in [5, 5.41) is 0. The van der Waals surface area contributed by atoms with Gasteiger partial charge in [-0.05, 0) is 35.9 Å². The molecule has 0 aliphatic heterocycles. The molecule has 2 rings (SSSR count). The van der Waals surface area contributed by atoms with Gasteiger partial charge in [-0.3, -0.25) is 0 Å². The first-order chi connectivity index (χ1) is 7.74. The van der Waals surface area contributed by atoms with E-state index in [4.69, 9.17) is 5.73 Å². The van der Waals surface area contributed by atoms with Crippen LogP contribution in [0.5, 0.6) is 0 Å². The van der Waals surface area contributed by atoms with Crippen LogP contribution in [0.1, 0.15) is 5.56 Å². The van der Waals surface area contributed by atoms with E-state index in [1.807, 2.05) is 30.3 Å². The molecule has 0 radical (unpaired) electrons. The first-order valence-corrected chi connectivity index (χ1v) is 5.95. The van der Waals surface area contributed by atoms with E-state index >= 15 is 0 Å². The molecule has 0 heterocycles. The quantitative estimate of drug-likeness (QED) is 0.646. The van der Waals surface area contributed by atoms with Crippen molar-refractivity contribution in [1.29, 1.82) is 0 Å². The molecule has 1 nitrogen and oxygen atoms in total. The number of benzene rings is 2. The zero-order valence-corrected chi connectivity index (χ0v) is 9.51. The molecule has 0 unspecified atom stereocenters. The summed E-state index contributed by atoms with van der Waals surface area (Å²) in [7, 11) is 0. The predicted octanol–water partition coefficient (Wildman–Crippen LogP) is 3.70. The fourth-order valence-electron chi connectivity index (χ4n) is 1.34. The summed E-state index contributed by atoms with van der Waals surface area (Å²) in [5.74, 6) is 0.631. The van der Waals surface area contributed by atoms with Crippen LogP contribution in [-0.2, 0) is 5.75 Å². The van der Waals surface area contributed by atoms with E-state index in [0.717, 1.165) is 16.3 Å². The highest BCUT2D eigenvalue weighted by atomic mass is 32.2. The Morgan fingerprint density at radius 1 is 1.06 bits per heavy atom. The first kappa shape index (κ1) is 11.0. The minimum atomic E-state index is -0.192. The molecule has 0 saturated carbocycles. The topological polar surface area (TPSA) is 26.0 Å². The van der Waals surface area contributed by atoms with E-state index in [1.165, 1.54) is 11.6 Å². The highest BCUT2D eigenvalue weighted by Gasteiger charge is 1.97. The molecule has 3 heteroatoms. The van der Waals surface area contributed by atoms with Gasteiger partial charge < -0.3 is 5.73 Å². The number of hydrogen-bond donors (Lipinski definition) is 1. The average Bonchev–Trinajstić information content (AvgIpc) is 2.28. The fourth-order valence-corrected chi connectivity index (χ4v) is 2.23. The molecule has 0 spiro atoms. The number of nitrogens with two attached hydrogens (primary N) is 1. The summed E-state index contributed by atoms with van der Waals surface area (Å²) in [4.78, 5) is 0.942. The second-order valence-corrected chi connectivity index (χ2v) is 4.54. The van der Waals surface area contributed by atoms with Gasteiger partial charge in [0.1, 0.15) is 5.82 Å². The number of rotatable bonds is 3. The third-order valence-electron chi connectivity index (χ3n) is 2.18. The largest absolute Gasteiger partial charge is 0.399 e. The number of nitrogen functional groups attached to an aromatic ring is 1. The van der Waals surface area contributed by atoms with Gasteiger partial charge in [-0.2, -0.15) is 0 Å². The van der Waals surface area contributed by atoms with E-state index in [-0.39, 0.29) is 5.82 Å². The Kier molecular flexibility index (Phi) is 3.47. The highest BCUT2D eigenvalue weighted by molar-refractivity contribution is 7.98. The van der Waals surface area contributed by atoms with E-state index in [2.05, 4.69) is 0 Å². The summed E-state index contributed by atoms with van der Waals surface area (Å²) in [6.45, 7) is 0. The molecule has 0 saturated heterocycles. The normalized spacial score (nSPS) is 10.3. The van der Waals surface area contributed by atoms with E-state index in [1.54, 1.807) is 23.9 Å². The molecular weight excluding hydrogens is 221 g/mol. The van der Waals surface area contributed by atoms with Crippen molar-refractivity contribution < 1.29 is 4.39 Å². The number of halogens is 1. The summed E-state index contributed by atoms with van der Waals surface area (Å²) >= 11 is 1.61. The van der Waals surface area contributed by atoms with Crippen molar-refractivity contribution in [3.05, 3.63) is 59.9 Å². The summed E-state index contributed by atoms with van der Waals surface area (Å²) in [5.41, 5.74) is 7.54. The lowest BCUT2D eigenvalue weighted by atomic mass is 10.2. The number of anilines is 1. The Labute approximate surface area is 98.5 Å². The van der Waals surface area contributed by atoms with Gasteiger partial charge in [0.25, 0.3) is 0 Å². The Hall–Kier alpha value is -1.48. The van der Waals surface area contributed by atoms with Crippen LogP contribution < -0.4 is 5.73 Å². The molecule has 0 amide bonds. The minimum absolute atomic E-state index is 0.192. The van der Waals surface area contributed by atoms with Crippen molar-refractivity contribution in [1.82, 2.24) is 0 Å². The van der Waals surface area contributed by atoms with Crippen molar-refractivity contribution in [2.75, 3.05) is 5.73 Å². The molecule has 0 bridgehead atoms. The van der Waals surface area contributed by atoms with Crippen LogP contribution in [0.3, 0.4) is 0 Å². The molecule has 2 aromatic rings. The summed E-state index contributed by atoms with van der Waals surface area (Å²) in [6.07, 6.45) is 0. The van der Waals surface area contributed by atoms with Crippen molar-refractivity contribution in [3.8, 4) is 0 Å². The lowest BCUT2D eigenvalue weighted by Crippen LogP contribution is -1.85. The molecule has 2 N–H and O–H groups in total. The third-order valence-corrected chi connectivity index (χ3v) is 3.25. The van der Waals surface area contributed by atoms with Crippen molar-refractivity contribution in [2.45, 2.75) is 10.6 Å². The Balaban J connectivity index is 1.99. The van der Waals surface area contributed by atoms with Gasteiger partial charge in [0, 0.05) is 16.3 Å². The van der Waals surface area contributed by atoms with Crippen molar-refractivity contribution >= 4 is 17.4 Å². The Bertz CT molecular complexity index is 468. The van der Waals surface area contributed by atoms with Crippen LogP contribution in [0, 0.1) is 5.82 Å². The molecule has 0 aliphatic rings. The second kappa shape index (κ2) is 5.03. The SMILES string of the molecule is Nc1ccc(CSc2cccc(F)c2)cc1. The van der Waals surface area contributed by atoms with Gasteiger partial charge in [0.05, 0.1) is 0 Å². The lowest BCUT2D eigenvalue weighted by Gasteiger charge is -2.02. The molecular formula is C13H12FNS. The smallest absolute Gasteiger partial charge is 0.124 e. The molecule has 16 heavy (non-hydrogen) atoms. The van der Waals surface area contributed by atoms with Gasteiger partial charge in [-0.15, -0.1) is 11.8 Å². The van der Waals surface area contributed by atoms with E-state index in [0.29, 0.717) is 0 Å². The second-order valence-electron chi connectivity index (χ2n) is 3.49. The van der Waals surface area contributed by atoms with Crippen LogP contribution in [0.25, 0.3) is 0 Å². The Morgan fingerprint density at radius 3 is 2.50 bits per heavy atom. The van der Waals surface area contributed by atoms with Crippen molar-refractivity contribution in [2.24, 2.45) is 0 Å². The minimum Gasteiger partial charge on any atom is -0.399 e. The lowest BCUT2D eigenvalue weighted by molar-refractivity contribution is 0.624. The fraction of sp³-hybridized carbons (Fsp3) is 0.0769. The molecule has 2 aromatic carbocycles. The van der Waals surface area contributed by atoms with E-state index < -0.39 is 0 Å². The molecule has 0 atom stereocenters. The maximum atomic E-state index is 12.9. The van der Waals surface area contributed by atoms with E-state index in [9.17, 15) is 4.39 Å². The van der Waals surface area contributed by atoms with Crippen LogP contribution >= 0.6 is 11.8 Å². The first-order valence-electron chi connectivity index (χ1n) is 4.97. The zero-order chi connectivity index (χ0) is 11.4. The molecule has 0 aromatic heterocycles. The molecule has 82 valence electrons. The third kappa shape index (κ3) is 3.00. The van der Waals surface area contributed by atoms with Gasteiger partial charge in [-0.1, -0.05) is 18.2 Å². The zero-order valence-electron chi connectivity index (χ0n) is 8.69. The number of hydrogen-bond acceptors (Lipinski definition) is 2. The predicted molar refractivity (Wildman–Crippen MR) is 66.8 cm³/mol. The van der Waals surface area contributed by atoms with Gasteiger partial charge in [-0.25, -0.2) is 4.39 Å². The van der Waals surface area contributed by atoms with Crippen molar-refractivity contribution in [3.63, 3.8) is 0 Å². The highest BCUT2D eigenvalue weighted by Crippen LogP contribution is 2.23. The molecule has 0 aliphatic carbocycles. The summed E-state index contributed by atoms with van der Waals surface area (Å²) in [6, 6.07) is 14.4. The van der Waals surface area contributed by atoms with Crippen LogP contribution in [-0.4, -0.2) is 0 Å². The van der Waals surface area contributed by atoms with Crippen LogP contribution in [0.4, 0.5) is 10.1 Å². The summed E-state index contributed by atoms with van der Waals surface area (Å²) < 4.78 is 12.9. The maximum absolute atomic E-state index is 12.9. The number of thioether (sulfide) groups is 1.